The third-order valence-electron chi connectivity index (χ3n) is 3.13. The summed E-state index contributed by atoms with van der Waals surface area (Å²) < 4.78 is 5.41. The number of phenolic OH excluding ortho intramolecular Hbond substituents is 1. The van der Waals surface area contributed by atoms with Gasteiger partial charge >= 0.3 is 0 Å². The lowest BCUT2D eigenvalue weighted by Gasteiger charge is -2.10. The zero-order valence-electron chi connectivity index (χ0n) is 11.0. The van der Waals surface area contributed by atoms with Crippen molar-refractivity contribution < 1.29 is 9.84 Å². The molecule has 3 rings (SSSR count). The molecule has 2 nitrogen and oxygen atoms in total. The van der Waals surface area contributed by atoms with Gasteiger partial charge in [0.05, 0.1) is 7.11 Å². The smallest absolute Gasteiger partial charge is 0.126 e. The van der Waals surface area contributed by atoms with E-state index < -0.39 is 0 Å². The summed E-state index contributed by atoms with van der Waals surface area (Å²) in [6, 6.07) is 19.5. The summed E-state index contributed by atoms with van der Waals surface area (Å²) in [5.74, 6) is 1.17. The van der Waals surface area contributed by atoms with Crippen LogP contribution in [0, 0.1) is 0 Å². The van der Waals surface area contributed by atoms with E-state index in [0.717, 1.165) is 16.0 Å². The first-order chi connectivity index (χ1) is 9.78. The summed E-state index contributed by atoms with van der Waals surface area (Å²) >= 11 is 1.68. The van der Waals surface area contributed by atoms with Crippen molar-refractivity contribution >= 4 is 22.5 Å². The summed E-state index contributed by atoms with van der Waals surface area (Å²) in [5.41, 5.74) is 0. The van der Waals surface area contributed by atoms with Crippen LogP contribution >= 0.6 is 11.8 Å². The molecular formula is C17H14O2S. The van der Waals surface area contributed by atoms with Gasteiger partial charge in [0.2, 0.25) is 0 Å². The van der Waals surface area contributed by atoms with E-state index >= 15 is 0 Å². The Morgan fingerprint density at radius 1 is 0.850 bits per heavy atom. The summed E-state index contributed by atoms with van der Waals surface area (Å²) in [6.45, 7) is 0. The van der Waals surface area contributed by atoms with Crippen LogP contribution in [0.15, 0.2) is 70.5 Å². The van der Waals surface area contributed by atoms with Gasteiger partial charge in [0.15, 0.2) is 0 Å². The molecule has 0 aliphatic rings. The van der Waals surface area contributed by atoms with Crippen molar-refractivity contribution in [2.45, 2.75) is 9.79 Å². The number of hydrogen-bond donors (Lipinski definition) is 1. The van der Waals surface area contributed by atoms with Gasteiger partial charge in [-0.05, 0) is 41.8 Å². The van der Waals surface area contributed by atoms with Crippen molar-refractivity contribution in [3.8, 4) is 11.5 Å². The summed E-state index contributed by atoms with van der Waals surface area (Å²) in [6.07, 6.45) is 0. The minimum Gasteiger partial charge on any atom is -0.508 e. The van der Waals surface area contributed by atoms with E-state index in [0.29, 0.717) is 0 Å². The molecule has 0 aliphatic heterocycles. The number of hydrogen-bond acceptors (Lipinski definition) is 3. The number of benzene rings is 3. The van der Waals surface area contributed by atoms with E-state index in [-0.39, 0.29) is 5.75 Å². The number of phenols is 1. The average Bonchev–Trinajstić information content (AvgIpc) is 2.50. The Balaban J connectivity index is 2.06. The van der Waals surface area contributed by atoms with Gasteiger partial charge in [-0.2, -0.15) is 0 Å². The number of methoxy groups -OCH3 is 1. The van der Waals surface area contributed by atoms with Crippen LogP contribution in [0.1, 0.15) is 0 Å². The van der Waals surface area contributed by atoms with Crippen LogP contribution in [-0.2, 0) is 0 Å². The van der Waals surface area contributed by atoms with Crippen LogP contribution in [-0.4, -0.2) is 12.2 Å². The molecule has 3 heteroatoms. The first-order valence-corrected chi connectivity index (χ1v) is 7.12. The Hall–Kier alpha value is -2.13. The normalized spacial score (nSPS) is 10.7. The predicted molar refractivity (Wildman–Crippen MR) is 82.7 cm³/mol. The largest absolute Gasteiger partial charge is 0.508 e. The van der Waals surface area contributed by atoms with Crippen molar-refractivity contribution in [3.63, 3.8) is 0 Å². The molecule has 0 unspecified atom stereocenters. The molecule has 0 atom stereocenters. The topological polar surface area (TPSA) is 29.5 Å². The van der Waals surface area contributed by atoms with E-state index in [9.17, 15) is 5.11 Å². The fraction of sp³-hybridized carbons (Fsp3) is 0.0588. The molecule has 100 valence electrons. The lowest BCUT2D eigenvalue weighted by Crippen LogP contribution is -1.86. The molecular weight excluding hydrogens is 268 g/mol. The summed E-state index contributed by atoms with van der Waals surface area (Å²) in [4.78, 5) is 2.27. The second kappa shape index (κ2) is 5.47. The van der Waals surface area contributed by atoms with Crippen LogP contribution in [0.4, 0.5) is 0 Å². The fourth-order valence-electron chi connectivity index (χ4n) is 2.15. The minimum absolute atomic E-state index is 0.286. The highest BCUT2D eigenvalue weighted by Crippen LogP contribution is 2.37. The van der Waals surface area contributed by atoms with Gasteiger partial charge in [-0.1, -0.05) is 36.0 Å². The molecule has 3 aromatic rings. The Morgan fingerprint density at radius 3 is 2.25 bits per heavy atom. The lowest BCUT2D eigenvalue weighted by atomic mass is 10.1. The molecule has 0 radical (unpaired) electrons. The number of aromatic hydroxyl groups is 1. The van der Waals surface area contributed by atoms with E-state index in [1.165, 1.54) is 10.3 Å². The maximum absolute atomic E-state index is 9.34. The molecule has 0 amide bonds. The van der Waals surface area contributed by atoms with E-state index in [1.54, 1.807) is 31.0 Å². The van der Waals surface area contributed by atoms with Crippen LogP contribution in [0.2, 0.25) is 0 Å². The fourth-order valence-corrected chi connectivity index (χ4v) is 3.10. The van der Waals surface area contributed by atoms with Crippen LogP contribution < -0.4 is 4.74 Å². The third-order valence-corrected chi connectivity index (χ3v) is 4.21. The van der Waals surface area contributed by atoms with E-state index in [4.69, 9.17) is 4.74 Å². The zero-order chi connectivity index (χ0) is 13.9. The SMILES string of the molecule is COc1ccc(Sc2ccc(O)cc2)c2ccccc12. The Labute approximate surface area is 122 Å². The van der Waals surface area contributed by atoms with Crippen LogP contribution in [0.3, 0.4) is 0 Å². The maximum atomic E-state index is 9.34. The Bertz CT molecular complexity index is 736. The third kappa shape index (κ3) is 2.45. The minimum atomic E-state index is 0.286. The Morgan fingerprint density at radius 2 is 1.55 bits per heavy atom. The number of rotatable bonds is 3. The van der Waals surface area contributed by atoms with Gasteiger partial charge in [0, 0.05) is 15.2 Å². The van der Waals surface area contributed by atoms with Crippen molar-refractivity contribution in [2.75, 3.05) is 7.11 Å². The quantitative estimate of drug-likeness (QED) is 0.754. The summed E-state index contributed by atoms with van der Waals surface area (Å²) in [7, 11) is 1.69. The molecule has 0 aromatic heterocycles. The first-order valence-electron chi connectivity index (χ1n) is 6.30. The van der Waals surface area contributed by atoms with Gasteiger partial charge in [0.25, 0.3) is 0 Å². The van der Waals surface area contributed by atoms with Crippen molar-refractivity contribution in [1.29, 1.82) is 0 Å². The predicted octanol–water partition coefficient (Wildman–Crippen LogP) is 4.71. The van der Waals surface area contributed by atoms with Gasteiger partial charge in [0.1, 0.15) is 11.5 Å². The molecule has 0 saturated carbocycles. The maximum Gasteiger partial charge on any atom is 0.126 e. The molecule has 0 heterocycles. The molecule has 1 N–H and O–H groups in total. The molecule has 0 spiro atoms. The second-order valence-corrected chi connectivity index (χ2v) is 5.52. The van der Waals surface area contributed by atoms with E-state index in [2.05, 4.69) is 18.2 Å². The van der Waals surface area contributed by atoms with Crippen molar-refractivity contribution in [1.82, 2.24) is 0 Å². The van der Waals surface area contributed by atoms with Gasteiger partial charge < -0.3 is 9.84 Å². The molecule has 3 aromatic carbocycles. The number of ether oxygens (including phenoxy) is 1. The standard InChI is InChI=1S/C17H14O2S/c1-19-16-10-11-17(15-5-3-2-4-14(15)16)20-13-8-6-12(18)7-9-13/h2-11,18H,1H3. The number of fused-ring (bicyclic) bond motifs is 1. The van der Waals surface area contributed by atoms with Gasteiger partial charge in [-0.3, -0.25) is 0 Å². The first kappa shape index (κ1) is 12.9. The molecule has 0 bridgehead atoms. The average molecular weight is 282 g/mol. The van der Waals surface area contributed by atoms with Gasteiger partial charge in [-0.15, -0.1) is 0 Å². The second-order valence-electron chi connectivity index (χ2n) is 4.41. The highest BCUT2D eigenvalue weighted by molar-refractivity contribution is 7.99. The van der Waals surface area contributed by atoms with E-state index in [1.807, 2.05) is 30.3 Å². The van der Waals surface area contributed by atoms with Crippen molar-refractivity contribution in [3.05, 3.63) is 60.7 Å². The molecule has 0 fully saturated rings. The molecule has 0 saturated heterocycles. The van der Waals surface area contributed by atoms with Gasteiger partial charge in [-0.25, -0.2) is 0 Å². The highest BCUT2D eigenvalue weighted by Gasteiger charge is 2.07. The monoisotopic (exact) mass is 282 g/mol. The van der Waals surface area contributed by atoms with Crippen LogP contribution in [0.5, 0.6) is 11.5 Å². The zero-order valence-corrected chi connectivity index (χ0v) is 11.9. The van der Waals surface area contributed by atoms with Crippen molar-refractivity contribution in [2.24, 2.45) is 0 Å². The van der Waals surface area contributed by atoms with Crippen LogP contribution in [0.25, 0.3) is 10.8 Å². The molecule has 20 heavy (non-hydrogen) atoms. The summed E-state index contributed by atoms with van der Waals surface area (Å²) in [5, 5.41) is 11.6. The Kier molecular flexibility index (Phi) is 3.52. The highest BCUT2D eigenvalue weighted by atomic mass is 32.2. The molecule has 0 aliphatic carbocycles. The lowest BCUT2D eigenvalue weighted by molar-refractivity contribution is 0.419.